The number of aliphatic hydroxyl groups is 2. The zero-order valence-electron chi connectivity index (χ0n) is 32.9. The predicted octanol–water partition coefficient (Wildman–Crippen LogP) is 6.00. The number of carbonyl (C=O) groups excluding carboxylic acids is 2. The standard InChI is InChI=1S/C40H61Cl3N2O9/c1-21-16-23(31(35(4,5)49)54-33(48)44-32(47)40(41,42)43)52-29-28(21)36(6)12-13-39-20-38(39)11-10-26(53-27-17-45(14-15-51-27)22-18-50-19-22)34(2,3)24(38)8-9-25(39)37(36,7)30(29)46/h21-31,46,49H,8-20H2,1-7H3,(H,44,47,48)/t21-,23-,24+,25+,26+,27+,28+,29+,30+,31+,36-,37-,38-,39+/m1/s1. The molecule has 8 fully saturated rings. The number of amides is 2. The van der Waals surface area contributed by atoms with Gasteiger partial charge in [0.1, 0.15) is 0 Å². The van der Waals surface area contributed by atoms with Crippen molar-refractivity contribution in [3.05, 3.63) is 0 Å². The summed E-state index contributed by atoms with van der Waals surface area (Å²) >= 11 is 17.0. The molecular weight excluding hydrogens is 759 g/mol. The van der Waals surface area contributed by atoms with E-state index in [1.54, 1.807) is 0 Å². The van der Waals surface area contributed by atoms with Crippen LogP contribution < -0.4 is 5.32 Å². The lowest BCUT2D eigenvalue weighted by molar-refractivity contribution is -0.256. The van der Waals surface area contributed by atoms with E-state index in [2.05, 4.69) is 39.5 Å². The summed E-state index contributed by atoms with van der Waals surface area (Å²) in [5.41, 5.74) is -1.68. The number of hydrogen-bond acceptors (Lipinski definition) is 10. The molecule has 5 aliphatic carbocycles. The molecular formula is C40H61Cl3N2O9. The van der Waals surface area contributed by atoms with Crippen molar-refractivity contribution in [2.24, 2.45) is 50.7 Å². The minimum absolute atomic E-state index is 0.00543. The van der Waals surface area contributed by atoms with Crippen LogP contribution in [0.5, 0.6) is 0 Å². The van der Waals surface area contributed by atoms with Crippen molar-refractivity contribution in [3.8, 4) is 0 Å². The molecule has 0 aromatic heterocycles. The topological polar surface area (TPSA) is 136 Å². The molecule has 0 aromatic carbocycles. The minimum Gasteiger partial charge on any atom is -0.440 e. The third-order valence-electron chi connectivity index (χ3n) is 17.0. The number of halogens is 3. The van der Waals surface area contributed by atoms with Gasteiger partial charge in [-0.15, -0.1) is 0 Å². The lowest BCUT2D eigenvalue weighted by atomic mass is 9.41. The predicted molar refractivity (Wildman–Crippen MR) is 202 cm³/mol. The van der Waals surface area contributed by atoms with E-state index in [9.17, 15) is 19.8 Å². The molecule has 2 spiro atoms. The van der Waals surface area contributed by atoms with Crippen molar-refractivity contribution in [3.63, 3.8) is 0 Å². The number of alkyl halides is 3. The molecule has 54 heavy (non-hydrogen) atoms. The second-order valence-corrected chi connectivity index (χ2v) is 22.4. The summed E-state index contributed by atoms with van der Waals surface area (Å²) in [6.45, 7) is 18.9. The molecule has 0 unspecified atom stereocenters. The Kier molecular flexibility index (Phi) is 9.91. The summed E-state index contributed by atoms with van der Waals surface area (Å²) in [6.07, 6.45) is 3.90. The number of aliphatic hydroxyl groups excluding tert-OH is 1. The number of rotatable bonds is 6. The van der Waals surface area contributed by atoms with Crippen molar-refractivity contribution in [1.82, 2.24) is 10.2 Å². The number of hydrogen-bond donors (Lipinski definition) is 3. The number of nitrogens with one attached hydrogen (secondary N) is 1. The quantitative estimate of drug-likeness (QED) is 0.274. The third kappa shape index (κ3) is 5.88. The molecule has 3 saturated heterocycles. The first kappa shape index (κ1) is 40.3. The van der Waals surface area contributed by atoms with Crippen molar-refractivity contribution >= 4 is 46.8 Å². The largest absolute Gasteiger partial charge is 0.440 e. The van der Waals surface area contributed by atoms with Crippen LogP contribution in [-0.2, 0) is 28.5 Å². The maximum absolute atomic E-state index is 12.8. The Balaban J connectivity index is 1.00. The van der Waals surface area contributed by atoms with E-state index >= 15 is 0 Å². The third-order valence-corrected chi connectivity index (χ3v) is 17.5. The number of imide groups is 1. The van der Waals surface area contributed by atoms with Crippen LogP contribution in [-0.4, -0.2) is 112 Å². The second-order valence-electron chi connectivity index (χ2n) is 20.1. The Bertz CT molecular complexity index is 1500. The smallest absolute Gasteiger partial charge is 0.414 e. The summed E-state index contributed by atoms with van der Waals surface area (Å²) in [6, 6.07) is 0.479. The molecule has 0 radical (unpaired) electrons. The van der Waals surface area contributed by atoms with Crippen LogP contribution in [0.3, 0.4) is 0 Å². The van der Waals surface area contributed by atoms with Gasteiger partial charge < -0.3 is 33.9 Å². The molecule has 8 rings (SSSR count). The summed E-state index contributed by atoms with van der Waals surface area (Å²) in [7, 11) is 0. The van der Waals surface area contributed by atoms with E-state index in [1.165, 1.54) is 20.3 Å². The average Bonchev–Trinajstić information content (AvgIpc) is 3.68. The number of carbonyl (C=O) groups is 2. The van der Waals surface area contributed by atoms with E-state index < -0.39 is 45.8 Å². The molecule has 0 aromatic rings. The van der Waals surface area contributed by atoms with Crippen LogP contribution in [0.4, 0.5) is 4.79 Å². The van der Waals surface area contributed by atoms with Crippen molar-refractivity contribution in [1.29, 1.82) is 0 Å². The number of fused-ring (bicyclic) bond motifs is 4. The van der Waals surface area contributed by atoms with E-state index in [0.717, 1.165) is 64.8 Å². The average molecular weight is 820 g/mol. The lowest BCUT2D eigenvalue weighted by Crippen LogP contribution is -2.60. The van der Waals surface area contributed by atoms with E-state index in [4.69, 9.17) is 58.5 Å². The van der Waals surface area contributed by atoms with Crippen LogP contribution in [0, 0.1) is 50.7 Å². The SMILES string of the molecule is C[C@@H]1C[C@H]([C@H](OC(=O)NC(=O)C(Cl)(Cl)Cl)C(C)(C)O)O[C@H]2[C@H]1[C@@]1(C)CC[C@@]34C[C@@]35CC[C@H](O[C@H]3CN(C6COC6)CCO3)C(C)(C)[C@@H]5CC[C@H]4[C@]1(C)[C@H]2O. The fourth-order valence-corrected chi connectivity index (χ4v) is 14.5. The lowest BCUT2D eigenvalue weighted by Gasteiger charge is -2.64. The summed E-state index contributed by atoms with van der Waals surface area (Å²) in [5.74, 6) is -0.0746. The molecule has 3 aliphatic heterocycles. The van der Waals surface area contributed by atoms with Crippen molar-refractivity contribution < 1.29 is 43.5 Å². The number of morpholine rings is 1. The summed E-state index contributed by atoms with van der Waals surface area (Å²) in [4.78, 5) is 27.5. The molecule has 3 heterocycles. The molecule has 2 amide bonds. The normalized spacial score (nSPS) is 47.8. The first-order valence-electron chi connectivity index (χ1n) is 20.3. The Hall–Kier alpha value is -0.470. The number of nitrogens with zero attached hydrogens (tertiary/aromatic N) is 1. The van der Waals surface area contributed by atoms with Crippen LogP contribution in [0.25, 0.3) is 0 Å². The van der Waals surface area contributed by atoms with Gasteiger partial charge in [-0.05, 0) is 111 Å². The summed E-state index contributed by atoms with van der Waals surface area (Å²) < 4.78 is 28.7. The van der Waals surface area contributed by atoms with Gasteiger partial charge in [0.2, 0.25) is 0 Å². The maximum Gasteiger partial charge on any atom is 0.414 e. The molecule has 11 nitrogen and oxygen atoms in total. The molecule has 5 saturated carbocycles. The highest BCUT2D eigenvalue weighted by atomic mass is 35.6. The molecule has 306 valence electrons. The fraction of sp³-hybridized carbons (Fsp3) is 0.950. The van der Waals surface area contributed by atoms with Crippen LogP contribution in [0.15, 0.2) is 0 Å². The fourth-order valence-electron chi connectivity index (χ4n) is 14.4. The molecule has 3 N–H and O–H groups in total. The highest BCUT2D eigenvalue weighted by molar-refractivity contribution is 6.76. The highest BCUT2D eigenvalue weighted by Gasteiger charge is 2.84. The summed E-state index contributed by atoms with van der Waals surface area (Å²) in [5, 5.41) is 25.9. The van der Waals surface area contributed by atoms with Gasteiger partial charge in [-0.25, -0.2) is 4.79 Å². The second kappa shape index (κ2) is 13.3. The van der Waals surface area contributed by atoms with Gasteiger partial charge in [-0.3, -0.25) is 15.0 Å². The van der Waals surface area contributed by atoms with Gasteiger partial charge in [-0.1, -0.05) is 69.4 Å². The maximum atomic E-state index is 12.8. The van der Waals surface area contributed by atoms with Crippen molar-refractivity contribution in [2.45, 2.75) is 152 Å². The Morgan fingerprint density at radius 3 is 2.33 bits per heavy atom. The molecule has 14 atom stereocenters. The first-order valence-corrected chi connectivity index (χ1v) is 21.5. The van der Waals surface area contributed by atoms with E-state index in [0.29, 0.717) is 30.9 Å². The van der Waals surface area contributed by atoms with E-state index in [1.807, 2.05) is 5.32 Å². The minimum atomic E-state index is -2.36. The monoisotopic (exact) mass is 818 g/mol. The van der Waals surface area contributed by atoms with Gasteiger partial charge in [0.25, 0.3) is 9.70 Å². The van der Waals surface area contributed by atoms with Gasteiger partial charge in [-0.2, -0.15) is 0 Å². The Morgan fingerprint density at radius 2 is 1.69 bits per heavy atom. The van der Waals surface area contributed by atoms with Gasteiger partial charge in [0, 0.05) is 12.0 Å². The van der Waals surface area contributed by atoms with Crippen LogP contribution in [0.2, 0.25) is 0 Å². The van der Waals surface area contributed by atoms with Gasteiger partial charge in [0.15, 0.2) is 12.4 Å². The highest BCUT2D eigenvalue weighted by Crippen LogP contribution is 2.89. The van der Waals surface area contributed by atoms with E-state index in [-0.39, 0.29) is 51.3 Å². The molecule has 8 aliphatic rings. The number of alkyl carbamates (subject to hydrolysis) is 1. The Labute approximate surface area is 335 Å². The first-order chi connectivity index (χ1) is 25.1. The number of ether oxygens (including phenoxy) is 5. The Morgan fingerprint density at radius 1 is 1.00 bits per heavy atom. The van der Waals surface area contributed by atoms with Gasteiger partial charge >= 0.3 is 6.09 Å². The van der Waals surface area contributed by atoms with Crippen LogP contribution in [0.1, 0.15) is 99.8 Å². The zero-order chi connectivity index (χ0) is 39.0. The van der Waals surface area contributed by atoms with Gasteiger partial charge in [0.05, 0.1) is 62.4 Å². The van der Waals surface area contributed by atoms with Crippen molar-refractivity contribution in [2.75, 3.05) is 32.9 Å². The molecule has 0 bridgehead atoms. The molecule has 14 heteroatoms. The zero-order valence-corrected chi connectivity index (χ0v) is 35.1. The van der Waals surface area contributed by atoms with Crippen LogP contribution >= 0.6 is 34.8 Å².